The predicted octanol–water partition coefficient (Wildman–Crippen LogP) is 3.38. The van der Waals surface area contributed by atoms with E-state index < -0.39 is 12.3 Å². The summed E-state index contributed by atoms with van der Waals surface area (Å²) in [6.07, 6.45) is -1.50. The van der Waals surface area contributed by atoms with Crippen LogP contribution in [0.2, 0.25) is 0 Å². The van der Waals surface area contributed by atoms with E-state index in [9.17, 15) is 19.8 Å². The van der Waals surface area contributed by atoms with Crippen molar-refractivity contribution in [1.29, 1.82) is 0 Å². The number of benzene rings is 2. The van der Waals surface area contributed by atoms with Crippen LogP contribution in [0.5, 0.6) is 0 Å². The molecule has 11 nitrogen and oxygen atoms in total. The molecule has 0 aromatic heterocycles. The predicted molar refractivity (Wildman–Crippen MR) is 164 cm³/mol. The van der Waals surface area contributed by atoms with Gasteiger partial charge in [-0.3, -0.25) is 14.7 Å². The molecule has 2 N–H and O–H groups in total. The Bertz CT molecular complexity index is 945. The Morgan fingerprint density at radius 1 is 0.581 bits per heavy atom. The summed E-state index contributed by atoms with van der Waals surface area (Å²) < 4.78 is 21.0. The molecular weight excluding hydrogens is 554 g/mol. The first-order valence-corrected chi connectivity index (χ1v) is 14.8. The molecule has 2 aromatic carbocycles. The van der Waals surface area contributed by atoms with Crippen LogP contribution in [0.3, 0.4) is 0 Å². The monoisotopic (exact) mass is 603 g/mol. The van der Waals surface area contributed by atoms with Crippen molar-refractivity contribution < 1.29 is 38.7 Å². The molecule has 0 aliphatic carbocycles. The minimum Gasteiger partial charge on any atom is -0.433 e. The lowest BCUT2D eigenvalue weighted by Crippen LogP contribution is -2.45. The lowest BCUT2D eigenvalue weighted by molar-refractivity contribution is 0.0156. The minimum absolute atomic E-state index is 0.0132. The Morgan fingerprint density at radius 2 is 0.930 bits per heavy atom. The summed E-state index contributed by atoms with van der Waals surface area (Å²) in [5.74, 6) is 0. The van der Waals surface area contributed by atoms with Gasteiger partial charge in [0.2, 0.25) is 0 Å². The number of hydrogen-bond donors (Lipinski definition) is 2. The maximum Gasteiger partial charge on any atom is 0.508 e. The summed E-state index contributed by atoms with van der Waals surface area (Å²) in [5, 5.41) is 18.7. The highest BCUT2D eigenvalue weighted by Gasteiger charge is 2.22. The number of carbonyl (C=O) groups is 2. The van der Waals surface area contributed by atoms with Crippen LogP contribution < -0.4 is 0 Å². The number of carbonyl (C=O) groups excluding carboxylic acids is 2. The smallest absolute Gasteiger partial charge is 0.433 e. The Hall–Kier alpha value is -3.22. The molecule has 0 heterocycles. The maximum atomic E-state index is 12.1. The first-order chi connectivity index (χ1) is 20.7. The third-order valence-corrected chi connectivity index (χ3v) is 6.70. The van der Waals surface area contributed by atoms with Crippen LogP contribution in [0.4, 0.5) is 9.59 Å². The highest BCUT2D eigenvalue weighted by atomic mass is 16.7. The number of ether oxygens (including phenoxy) is 4. The summed E-state index contributed by atoms with van der Waals surface area (Å²) >= 11 is 0. The maximum absolute atomic E-state index is 12.1. The number of rotatable bonds is 20. The van der Waals surface area contributed by atoms with Gasteiger partial charge in [0.1, 0.15) is 26.4 Å². The van der Waals surface area contributed by atoms with Gasteiger partial charge in [0, 0.05) is 57.9 Å². The van der Waals surface area contributed by atoms with Crippen LogP contribution in [0.1, 0.15) is 31.9 Å². The number of aliphatic hydroxyl groups excluding tert-OH is 2. The zero-order valence-electron chi connectivity index (χ0n) is 25.9. The van der Waals surface area contributed by atoms with E-state index in [2.05, 4.69) is 0 Å². The van der Waals surface area contributed by atoms with Gasteiger partial charge in [-0.15, -0.1) is 0 Å². The number of hydrogen-bond acceptors (Lipinski definition) is 11. The summed E-state index contributed by atoms with van der Waals surface area (Å²) in [7, 11) is 0. The van der Waals surface area contributed by atoms with Gasteiger partial charge in [0.25, 0.3) is 0 Å². The van der Waals surface area contributed by atoms with E-state index in [1.165, 1.54) is 0 Å². The van der Waals surface area contributed by atoms with Gasteiger partial charge in [-0.25, -0.2) is 9.59 Å². The summed E-state index contributed by atoms with van der Waals surface area (Å²) in [5.41, 5.74) is 1.97. The van der Waals surface area contributed by atoms with Crippen LogP contribution in [0.25, 0.3) is 0 Å². The van der Waals surface area contributed by atoms with Crippen LogP contribution in [-0.4, -0.2) is 122 Å². The minimum atomic E-state index is -0.750. The lowest BCUT2D eigenvalue weighted by Gasteiger charge is -2.35. The standard InChI is InChI=1S/C32H49N3O8/c1-32(2,3)35(18-24-42-30(38)40-22-16-33(14-20-36)26-28-10-6-4-7-11-28)19-25-43-31(39)41-23-17-34(15-21-37)27-29-12-8-5-9-13-29/h4-13,36-37H,14-27H2,1-3H3. The molecule has 0 spiro atoms. The van der Waals surface area contributed by atoms with Crippen molar-refractivity contribution in [1.82, 2.24) is 14.7 Å². The second kappa shape index (κ2) is 20.6. The van der Waals surface area contributed by atoms with E-state index in [4.69, 9.17) is 18.9 Å². The van der Waals surface area contributed by atoms with Gasteiger partial charge in [-0.2, -0.15) is 0 Å². The Kier molecular flexibility index (Phi) is 17.3. The van der Waals surface area contributed by atoms with E-state index in [1.54, 1.807) is 0 Å². The third-order valence-electron chi connectivity index (χ3n) is 6.70. The SMILES string of the molecule is CC(C)(C)N(CCOC(=O)OCCN(CCO)Cc1ccccc1)CCOC(=O)OCCN(CCO)Cc1ccccc1. The lowest BCUT2D eigenvalue weighted by atomic mass is 10.1. The van der Waals surface area contributed by atoms with Crippen LogP contribution in [0, 0.1) is 0 Å². The quantitative estimate of drug-likeness (QED) is 0.217. The highest BCUT2D eigenvalue weighted by molar-refractivity contribution is 5.60. The van der Waals surface area contributed by atoms with E-state index in [1.807, 2.05) is 96.1 Å². The topological polar surface area (TPSA) is 121 Å². The molecule has 0 amide bonds. The molecule has 43 heavy (non-hydrogen) atoms. The second-order valence-corrected chi connectivity index (χ2v) is 11.0. The molecule has 0 radical (unpaired) electrons. The molecule has 0 aliphatic rings. The van der Waals surface area contributed by atoms with Gasteiger partial charge < -0.3 is 29.2 Å². The molecule has 11 heteroatoms. The van der Waals surface area contributed by atoms with Crippen molar-refractivity contribution in [3.05, 3.63) is 71.8 Å². The largest absolute Gasteiger partial charge is 0.508 e. The van der Waals surface area contributed by atoms with Crippen molar-refractivity contribution in [2.24, 2.45) is 0 Å². The van der Waals surface area contributed by atoms with Crippen molar-refractivity contribution in [3.8, 4) is 0 Å². The average Bonchev–Trinajstić information content (AvgIpc) is 2.97. The van der Waals surface area contributed by atoms with Crippen LogP contribution in [0.15, 0.2) is 60.7 Å². The fourth-order valence-electron chi connectivity index (χ4n) is 4.37. The number of nitrogens with zero attached hydrogens (tertiary/aromatic N) is 3. The molecule has 240 valence electrons. The van der Waals surface area contributed by atoms with Gasteiger partial charge in [0.15, 0.2) is 0 Å². The van der Waals surface area contributed by atoms with Crippen molar-refractivity contribution in [3.63, 3.8) is 0 Å². The van der Waals surface area contributed by atoms with Gasteiger partial charge >= 0.3 is 12.3 Å². The van der Waals surface area contributed by atoms with Crippen LogP contribution in [-0.2, 0) is 32.0 Å². The van der Waals surface area contributed by atoms with Crippen molar-refractivity contribution in [2.75, 3.05) is 78.9 Å². The zero-order valence-corrected chi connectivity index (χ0v) is 25.9. The molecule has 2 aromatic rings. The van der Waals surface area contributed by atoms with Gasteiger partial charge in [0.05, 0.1) is 13.2 Å². The molecular formula is C32H49N3O8. The highest BCUT2D eigenvalue weighted by Crippen LogP contribution is 2.13. The summed E-state index contributed by atoms with van der Waals surface area (Å²) in [4.78, 5) is 30.3. The van der Waals surface area contributed by atoms with E-state index >= 15 is 0 Å². The fourth-order valence-corrected chi connectivity index (χ4v) is 4.37. The summed E-state index contributed by atoms with van der Waals surface area (Å²) in [6, 6.07) is 19.8. The van der Waals surface area contributed by atoms with Crippen molar-refractivity contribution >= 4 is 12.3 Å². The molecule has 2 rings (SSSR count). The molecule has 0 aliphatic heterocycles. The van der Waals surface area contributed by atoms with Crippen molar-refractivity contribution in [2.45, 2.75) is 39.4 Å². The van der Waals surface area contributed by atoms with E-state index in [0.717, 1.165) is 11.1 Å². The second-order valence-electron chi connectivity index (χ2n) is 11.0. The van der Waals surface area contributed by atoms with E-state index in [0.29, 0.717) is 52.4 Å². The van der Waals surface area contributed by atoms with E-state index in [-0.39, 0.29) is 45.2 Å². The molecule has 0 saturated heterocycles. The fraction of sp³-hybridized carbons (Fsp3) is 0.562. The Labute approximate surface area is 255 Å². The molecule has 0 atom stereocenters. The first kappa shape index (κ1) is 36.0. The molecule has 0 unspecified atom stereocenters. The van der Waals surface area contributed by atoms with Gasteiger partial charge in [-0.05, 0) is 31.9 Å². The Balaban J connectivity index is 1.64. The summed E-state index contributed by atoms with van der Waals surface area (Å²) in [6.45, 7) is 10.7. The van der Waals surface area contributed by atoms with Gasteiger partial charge in [-0.1, -0.05) is 60.7 Å². The van der Waals surface area contributed by atoms with Crippen LogP contribution >= 0.6 is 0 Å². The third kappa shape index (κ3) is 16.3. The normalized spacial score (nSPS) is 11.6. The average molecular weight is 604 g/mol. The molecule has 0 fully saturated rings. The molecule has 0 bridgehead atoms. The number of aliphatic hydroxyl groups is 2. The zero-order chi connectivity index (χ0) is 31.3. The molecule has 0 saturated carbocycles. The Morgan fingerprint density at radius 3 is 1.26 bits per heavy atom. The first-order valence-electron chi connectivity index (χ1n) is 14.8.